The maximum Gasteiger partial charge on any atom is 0.212 e. The Kier molecular flexibility index (Phi) is 3.39. The Morgan fingerprint density at radius 2 is 2.00 bits per heavy atom. The number of anilines is 1. The summed E-state index contributed by atoms with van der Waals surface area (Å²) in [5.74, 6) is 0.148. The normalized spacial score (nSPS) is 12.3. The van der Waals surface area contributed by atoms with Gasteiger partial charge >= 0.3 is 0 Å². The SMILES string of the molecule is CC(c1cccc(-c2ccc(F)nc2)c1)c1cc(N)n[nH]1. The summed E-state index contributed by atoms with van der Waals surface area (Å²) in [6.07, 6.45) is 1.54. The maximum atomic E-state index is 12.9. The molecule has 2 heterocycles. The quantitative estimate of drug-likeness (QED) is 0.724. The Morgan fingerprint density at radius 1 is 1.14 bits per heavy atom. The molecular formula is C16H15FN4. The van der Waals surface area contributed by atoms with Crippen LogP contribution in [0.15, 0.2) is 48.7 Å². The fourth-order valence-electron chi connectivity index (χ4n) is 2.29. The molecule has 0 fully saturated rings. The highest BCUT2D eigenvalue weighted by Gasteiger charge is 2.12. The number of nitrogens with one attached hydrogen (secondary N) is 1. The van der Waals surface area contributed by atoms with E-state index in [0.29, 0.717) is 5.82 Å². The summed E-state index contributed by atoms with van der Waals surface area (Å²) in [5.41, 5.74) is 9.61. The van der Waals surface area contributed by atoms with Crippen molar-refractivity contribution in [3.63, 3.8) is 0 Å². The van der Waals surface area contributed by atoms with Crippen molar-refractivity contribution in [1.82, 2.24) is 15.2 Å². The number of aromatic amines is 1. The summed E-state index contributed by atoms with van der Waals surface area (Å²) in [4.78, 5) is 3.69. The van der Waals surface area contributed by atoms with Crippen LogP contribution in [0.5, 0.6) is 0 Å². The second-order valence-electron chi connectivity index (χ2n) is 4.96. The van der Waals surface area contributed by atoms with Crippen LogP contribution in [-0.2, 0) is 0 Å². The molecule has 3 aromatic rings. The van der Waals surface area contributed by atoms with E-state index in [9.17, 15) is 4.39 Å². The predicted octanol–water partition coefficient (Wildman–Crippen LogP) is 3.34. The number of hydrogen-bond donors (Lipinski definition) is 2. The van der Waals surface area contributed by atoms with Crippen molar-refractivity contribution >= 4 is 5.82 Å². The van der Waals surface area contributed by atoms with E-state index in [4.69, 9.17) is 5.73 Å². The fourth-order valence-corrected chi connectivity index (χ4v) is 2.29. The minimum Gasteiger partial charge on any atom is -0.382 e. The topological polar surface area (TPSA) is 67.6 Å². The number of pyridine rings is 1. The van der Waals surface area contributed by atoms with Gasteiger partial charge in [-0.15, -0.1) is 0 Å². The Morgan fingerprint density at radius 3 is 2.67 bits per heavy atom. The molecule has 0 aliphatic carbocycles. The smallest absolute Gasteiger partial charge is 0.212 e. The van der Waals surface area contributed by atoms with Gasteiger partial charge in [0, 0.05) is 29.4 Å². The molecule has 0 bridgehead atoms. The highest BCUT2D eigenvalue weighted by atomic mass is 19.1. The van der Waals surface area contributed by atoms with Gasteiger partial charge in [0.25, 0.3) is 0 Å². The lowest BCUT2D eigenvalue weighted by Gasteiger charge is -2.11. The average Bonchev–Trinajstić information content (AvgIpc) is 2.94. The first-order valence-electron chi connectivity index (χ1n) is 6.66. The maximum absolute atomic E-state index is 12.9. The first-order chi connectivity index (χ1) is 10.1. The predicted molar refractivity (Wildman–Crippen MR) is 80.1 cm³/mol. The van der Waals surface area contributed by atoms with Crippen molar-refractivity contribution in [2.24, 2.45) is 0 Å². The van der Waals surface area contributed by atoms with Crippen molar-refractivity contribution in [3.05, 3.63) is 65.9 Å². The largest absolute Gasteiger partial charge is 0.382 e. The third-order valence-electron chi connectivity index (χ3n) is 3.53. The summed E-state index contributed by atoms with van der Waals surface area (Å²) >= 11 is 0. The minimum atomic E-state index is -0.476. The lowest BCUT2D eigenvalue weighted by molar-refractivity contribution is 0.584. The molecule has 3 rings (SSSR count). The molecule has 1 atom stereocenters. The highest BCUT2D eigenvalue weighted by molar-refractivity contribution is 5.63. The number of hydrogen-bond acceptors (Lipinski definition) is 3. The van der Waals surface area contributed by atoms with Crippen LogP contribution in [0.4, 0.5) is 10.2 Å². The zero-order chi connectivity index (χ0) is 14.8. The minimum absolute atomic E-state index is 0.142. The zero-order valence-electron chi connectivity index (χ0n) is 11.5. The summed E-state index contributed by atoms with van der Waals surface area (Å²) in [6.45, 7) is 2.08. The molecule has 1 aromatic carbocycles. The number of aromatic nitrogens is 3. The standard InChI is InChI=1S/C16H15FN4/c1-10(14-8-16(18)21-20-14)11-3-2-4-12(7-11)13-5-6-15(17)19-9-13/h2-10H,1H3,(H3,18,20,21). The van der Waals surface area contributed by atoms with E-state index in [0.717, 1.165) is 22.4 Å². The second-order valence-corrected chi connectivity index (χ2v) is 4.96. The van der Waals surface area contributed by atoms with Gasteiger partial charge in [-0.05, 0) is 23.3 Å². The number of nitrogens with two attached hydrogens (primary N) is 1. The molecule has 3 N–H and O–H groups in total. The molecule has 0 aliphatic heterocycles. The molecule has 0 aliphatic rings. The van der Waals surface area contributed by atoms with E-state index in [1.54, 1.807) is 6.07 Å². The summed E-state index contributed by atoms with van der Waals surface area (Å²) in [7, 11) is 0. The number of nitrogens with zero attached hydrogens (tertiary/aromatic N) is 2. The Hall–Kier alpha value is -2.69. The molecule has 4 nitrogen and oxygen atoms in total. The van der Waals surface area contributed by atoms with E-state index in [1.165, 1.54) is 12.3 Å². The number of rotatable bonds is 3. The molecule has 0 spiro atoms. The Balaban J connectivity index is 1.94. The van der Waals surface area contributed by atoms with Crippen molar-refractivity contribution in [3.8, 4) is 11.1 Å². The van der Waals surface area contributed by atoms with Gasteiger partial charge < -0.3 is 5.73 Å². The third-order valence-corrected chi connectivity index (χ3v) is 3.53. The molecule has 0 amide bonds. The first-order valence-corrected chi connectivity index (χ1v) is 6.66. The van der Waals surface area contributed by atoms with Crippen LogP contribution < -0.4 is 5.73 Å². The molecule has 1 unspecified atom stereocenters. The molecule has 5 heteroatoms. The lowest BCUT2D eigenvalue weighted by Crippen LogP contribution is -1.97. The van der Waals surface area contributed by atoms with Gasteiger partial charge in [0.05, 0.1) is 0 Å². The van der Waals surface area contributed by atoms with Gasteiger partial charge in [-0.1, -0.05) is 31.2 Å². The number of halogens is 1. The summed E-state index contributed by atoms with van der Waals surface area (Å²) in [5, 5.41) is 6.89. The van der Waals surface area contributed by atoms with Crippen molar-refractivity contribution in [2.45, 2.75) is 12.8 Å². The number of H-pyrrole nitrogens is 1. The zero-order valence-corrected chi connectivity index (χ0v) is 11.5. The molecule has 2 aromatic heterocycles. The van der Waals surface area contributed by atoms with Gasteiger partial charge in [-0.25, -0.2) is 4.98 Å². The Bertz CT molecular complexity index is 749. The molecule has 106 valence electrons. The lowest BCUT2D eigenvalue weighted by atomic mass is 9.94. The Labute approximate surface area is 121 Å². The van der Waals surface area contributed by atoms with Crippen LogP contribution in [0.1, 0.15) is 24.1 Å². The van der Waals surface area contributed by atoms with Gasteiger partial charge in [-0.2, -0.15) is 9.49 Å². The van der Waals surface area contributed by atoms with Crippen LogP contribution in [-0.4, -0.2) is 15.2 Å². The first kappa shape index (κ1) is 13.3. The van der Waals surface area contributed by atoms with Crippen molar-refractivity contribution < 1.29 is 4.39 Å². The third kappa shape index (κ3) is 2.76. The summed E-state index contributed by atoms with van der Waals surface area (Å²) in [6, 6.07) is 13.0. The molecule has 0 radical (unpaired) electrons. The molecule has 21 heavy (non-hydrogen) atoms. The highest BCUT2D eigenvalue weighted by Crippen LogP contribution is 2.27. The van der Waals surface area contributed by atoms with Crippen molar-refractivity contribution in [2.75, 3.05) is 5.73 Å². The average molecular weight is 282 g/mol. The fraction of sp³-hybridized carbons (Fsp3) is 0.125. The van der Waals surface area contributed by atoms with Gasteiger partial charge in [0.2, 0.25) is 5.95 Å². The van der Waals surface area contributed by atoms with E-state index in [1.807, 2.05) is 24.3 Å². The van der Waals surface area contributed by atoms with Crippen LogP contribution in [0.25, 0.3) is 11.1 Å². The van der Waals surface area contributed by atoms with Crippen LogP contribution in [0.2, 0.25) is 0 Å². The van der Waals surface area contributed by atoms with E-state index < -0.39 is 5.95 Å². The van der Waals surface area contributed by atoms with Crippen LogP contribution in [0, 0.1) is 5.95 Å². The molecule has 0 saturated heterocycles. The molecular weight excluding hydrogens is 267 g/mol. The van der Waals surface area contributed by atoms with Crippen molar-refractivity contribution in [1.29, 1.82) is 0 Å². The van der Waals surface area contributed by atoms with Gasteiger partial charge in [0.15, 0.2) is 0 Å². The monoisotopic (exact) mass is 282 g/mol. The number of nitrogen functional groups attached to an aromatic ring is 1. The van der Waals surface area contributed by atoms with E-state index >= 15 is 0 Å². The van der Waals surface area contributed by atoms with Crippen LogP contribution in [0.3, 0.4) is 0 Å². The molecule has 0 saturated carbocycles. The summed E-state index contributed by atoms with van der Waals surface area (Å²) < 4.78 is 12.9. The second kappa shape index (κ2) is 5.36. The van der Waals surface area contributed by atoms with Gasteiger partial charge in [0.1, 0.15) is 5.82 Å². The van der Waals surface area contributed by atoms with Crippen LogP contribution >= 0.6 is 0 Å². The van der Waals surface area contributed by atoms with Gasteiger partial charge in [-0.3, -0.25) is 5.10 Å². The number of benzene rings is 1. The van der Waals surface area contributed by atoms with E-state index in [2.05, 4.69) is 28.2 Å². The van der Waals surface area contributed by atoms with E-state index in [-0.39, 0.29) is 5.92 Å².